The minimum atomic E-state index is -1.88. The molecular weight excluding hydrogens is 428 g/mol. The average molecular weight is 448 g/mol. The van der Waals surface area contributed by atoms with E-state index in [1.807, 2.05) is 0 Å². The second kappa shape index (κ2) is 8.13. The van der Waals surface area contributed by atoms with E-state index in [-0.39, 0.29) is 23.1 Å². The van der Waals surface area contributed by atoms with Gasteiger partial charge < -0.3 is 56.2 Å². The van der Waals surface area contributed by atoms with E-state index in [1.165, 1.54) is 24.3 Å². The maximum atomic E-state index is 10.8. The zero-order chi connectivity index (χ0) is 23.9. The van der Waals surface area contributed by atoms with Crippen LogP contribution in [-0.4, -0.2) is 56.2 Å². The van der Waals surface area contributed by atoms with Gasteiger partial charge in [-0.1, -0.05) is 24.3 Å². The summed E-state index contributed by atoms with van der Waals surface area (Å²) < 4.78 is 0. The van der Waals surface area contributed by atoms with Crippen LogP contribution >= 0.6 is 0 Å². The molecule has 0 aliphatic rings. The summed E-state index contributed by atoms with van der Waals surface area (Å²) in [6.45, 7) is -0.864. The Hall–Kier alpha value is -4.22. The van der Waals surface area contributed by atoms with Crippen molar-refractivity contribution in [3.8, 4) is 51.7 Å². The van der Waals surface area contributed by atoms with E-state index in [0.29, 0.717) is 0 Å². The fourth-order valence-electron chi connectivity index (χ4n) is 3.39. The summed E-state index contributed by atoms with van der Waals surface area (Å²) in [6, 6.07) is 5.73. The van der Waals surface area contributed by atoms with Crippen molar-refractivity contribution >= 4 is 0 Å². The molecule has 0 saturated heterocycles. The van der Waals surface area contributed by atoms with Gasteiger partial charge in [-0.05, 0) is 11.1 Å². The lowest BCUT2D eigenvalue weighted by Gasteiger charge is -2.21. The zero-order valence-electron chi connectivity index (χ0n) is 16.2. The van der Waals surface area contributed by atoms with Gasteiger partial charge in [0.2, 0.25) is 23.0 Å². The Balaban J connectivity index is 2.17. The molecule has 11 N–H and O–H groups in total. The van der Waals surface area contributed by atoms with Crippen LogP contribution in [0, 0.1) is 0 Å². The fourth-order valence-corrected chi connectivity index (χ4v) is 3.39. The van der Waals surface area contributed by atoms with Gasteiger partial charge in [0, 0.05) is 12.0 Å². The highest BCUT2D eigenvalue weighted by Gasteiger charge is 2.30. The van der Waals surface area contributed by atoms with E-state index >= 15 is 0 Å². The Kier molecular flexibility index (Phi) is 5.71. The molecule has 1 unspecified atom stereocenters. The number of aliphatic hydroxyl groups excluding tert-OH is 2. The molecule has 1 atom stereocenters. The highest BCUT2D eigenvalue weighted by atomic mass is 16.4. The molecule has 170 valence electrons. The Bertz CT molecular complexity index is 1170. The first-order valence-electron chi connectivity index (χ1n) is 9.05. The number of benzene rings is 3. The molecule has 0 radical (unpaired) electrons. The van der Waals surface area contributed by atoms with Gasteiger partial charge in [-0.3, -0.25) is 0 Å². The summed E-state index contributed by atoms with van der Waals surface area (Å²) >= 11 is 0. The summed E-state index contributed by atoms with van der Waals surface area (Å²) in [4.78, 5) is 0. The molecule has 0 aliphatic carbocycles. The Morgan fingerprint density at radius 1 is 0.562 bits per heavy atom. The van der Waals surface area contributed by atoms with Gasteiger partial charge in [0.25, 0.3) is 0 Å². The molecule has 0 spiro atoms. The molecule has 0 fully saturated rings. The van der Waals surface area contributed by atoms with Crippen molar-refractivity contribution in [3.05, 3.63) is 52.1 Å². The van der Waals surface area contributed by atoms with Crippen LogP contribution in [0.4, 0.5) is 0 Å². The fraction of sp³-hybridized carbons (Fsp3) is 0.143. The molecule has 0 aliphatic heterocycles. The predicted octanol–water partition coefficient (Wildman–Crippen LogP) is 1.20. The molecule has 0 heterocycles. The highest BCUT2D eigenvalue weighted by molar-refractivity contribution is 5.69. The van der Waals surface area contributed by atoms with Crippen LogP contribution in [0.1, 0.15) is 33.9 Å². The van der Waals surface area contributed by atoms with Gasteiger partial charge in [0.15, 0.2) is 23.0 Å². The topological polar surface area (TPSA) is 223 Å². The minimum absolute atomic E-state index is 0.0282. The maximum Gasteiger partial charge on any atom is 0.208 e. The lowest BCUT2D eigenvalue weighted by molar-refractivity contribution is 0.205. The number of phenols is 9. The number of rotatable bonds is 5. The van der Waals surface area contributed by atoms with Crippen LogP contribution in [0.2, 0.25) is 0 Å². The van der Waals surface area contributed by atoms with Gasteiger partial charge >= 0.3 is 0 Å². The molecule has 0 amide bonds. The maximum absolute atomic E-state index is 10.8. The van der Waals surface area contributed by atoms with Gasteiger partial charge in [0.05, 0.1) is 17.7 Å². The number of hydrogen-bond donors (Lipinski definition) is 11. The molecule has 11 nitrogen and oxygen atoms in total. The second-order valence-electron chi connectivity index (χ2n) is 6.94. The Morgan fingerprint density at radius 3 is 1.59 bits per heavy atom. The van der Waals surface area contributed by atoms with E-state index in [0.717, 1.165) is 0 Å². The number of aliphatic hydroxyl groups is 2. The van der Waals surface area contributed by atoms with Crippen LogP contribution < -0.4 is 0 Å². The molecule has 0 saturated carbocycles. The van der Waals surface area contributed by atoms with Gasteiger partial charge in [-0.15, -0.1) is 0 Å². The lowest BCUT2D eigenvalue weighted by Crippen LogP contribution is -2.06. The van der Waals surface area contributed by atoms with Crippen molar-refractivity contribution < 1.29 is 56.2 Å². The minimum Gasteiger partial charge on any atom is -0.507 e. The first-order chi connectivity index (χ1) is 15.0. The van der Waals surface area contributed by atoms with E-state index in [4.69, 9.17) is 0 Å². The molecule has 0 bridgehead atoms. The summed E-state index contributed by atoms with van der Waals surface area (Å²) in [5, 5.41) is 110. The Labute approximate surface area is 179 Å². The SMILES string of the molecule is OCc1c(O)c(O)c(O)c(Cc2ccccc2C(O)c2c(O)c(O)c(O)c(O)c2O)c1O. The smallest absolute Gasteiger partial charge is 0.208 e. The standard InChI is InChI=1S/C21H20O11/c22-6-10-12(23)9(14(25)18(29)15(10)26)5-7-3-1-2-4-8(7)13(24)11-16(27)19(30)21(32)20(31)17(11)28/h1-4,13,22-32H,5-6H2. The summed E-state index contributed by atoms with van der Waals surface area (Å²) in [5.41, 5.74) is -1.35. The summed E-state index contributed by atoms with van der Waals surface area (Å²) in [6.07, 6.45) is -2.25. The van der Waals surface area contributed by atoms with E-state index in [1.54, 1.807) is 0 Å². The molecular formula is C21H20O11. The third-order valence-corrected chi connectivity index (χ3v) is 5.15. The van der Waals surface area contributed by atoms with Crippen molar-refractivity contribution in [3.63, 3.8) is 0 Å². The van der Waals surface area contributed by atoms with Crippen molar-refractivity contribution in [1.29, 1.82) is 0 Å². The van der Waals surface area contributed by atoms with E-state index in [9.17, 15) is 56.2 Å². The monoisotopic (exact) mass is 448 g/mol. The predicted molar refractivity (Wildman–Crippen MR) is 107 cm³/mol. The molecule has 3 rings (SSSR count). The third kappa shape index (κ3) is 3.35. The second-order valence-corrected chi connectivity index (χ2v) is 6.94. The number of hydrogen-bond acceptors (Lipinski definition) is 11. The lowest BCUT2D eigenvalue weighted by atomic mass is 9.90. The van der Waals surface area contributed by atoms with Crippen LogP contribution in [0.25, 0.3) is 0 Å². The van der Waals surface area contributed by atoms with Crippen LogP contribution in [0.5, 0.6) is 51.7 Å². The van der Waals surface area contributed by atoms with Crippen LogP contribution in [-0.2, 0) is 13.0 Å². The number of aromatic hydroxyl groups is 9. The van der Waals surface area contributed by atoms with Crippen LogP contribution in [0.15, 0.2) is 24.3 Å². The summed E-state index contributed by atoms with van der Waals surface area (Å²) in [5.74, 6) is -9.26. The molecule has 3 aromatic rings. The first-order valence-corrected chi connectivity index (χ1v) is 9.05. The van der Waals surface area contributed by atoms with Gasteiger partial charge in [-0.25, -0.2) is 0 Å². The van der Waals surface area contributed by atoms with Crippen molar-refractivity contribution in [2.45, 2.75) is 19.1 Å². The number of phenolic OH excluding ortho intramolecular Hbond substituents is 7. The molecule has 11 heteroatoms. The van der Waals surface area contributed by atoms with Gasteiger partial charge in [0.1, 0.15) is 11.9 Å². The van der Waals surface area contributed by atoms with Crippen molar-refractivity contribution in [1.82, 2.24) is 0 Å². The molecule has 32 heavy (non-hydrogen) atoms. The summed E-state index contributed by atoms with van der Waals surface area (Å²) in [7, 11) is 0. The highest BCUT2D eigenvalue weighted by Crippen LogP contribution is 2.54. The third-order valence-electron chi connectivity index (χ3n) is 5.15. The quantitative estimate of drug-likeness (QED) is 0.196. The Morgan fingerprint density at radius 2 is 1.03 bits per heavy atom. The first kappa shape index (κ1) is 22.5. The van der Waals surface area contributed by atoms with Crippen molar-refractivity contribution in [2.24, 2.45) is 0 Å². The average Bonchev–Trinajstić information content (AvgIpc) is 2.78. The van der Waals surface area contributed by atoms with E-state index < -0.39 is 75.6 Å². The van der Waals surface area contributed by atoms with Crippen molar-refractivity contribution in [2.75, 3.05) is 0 Å². The van der Waals surface area contributed by atoms with E-state index in [2.05, 4.69) is 0 Å². The van der Waals surface area contributed by atoms with Crippen LogP contribution in [0.3, 0.4) is 0 Å². The van der Waals surface area contributed by atoms with Gasteiger partial charge in [-0.2, -0.15) is 0 Å². The molecule has 0 aromatic heterocycles. The normalized spacial score (nSPS) is 12.1. The largest absolute Gasteiger partial charge is 0.507 e. The molecule has 3 aromatic carbocycles. The zero-order valence-corrected chi connectivity index (χ0v) is 16.2.